The van der Waals surface area contributed by atoms with Crippen LogP contribution in [-0.2, 0) is 0 Å². The molecule has 0 bridgehead atoms. The van der Waals surface area contributed by atoms with Crippen LogP contribution in [0.1, 0.15) is 33.6 Å². The third-order valence-corrected chi connectivity index (χ3v) is 2.84. The van der Waals surface area contributed by atoms with Crippen molar-refractivity contribution in [2.24, 2.45) is 11.8 Å². The molecule has 0 radical (unpaired) electrons. The van der Waals surface area contributed by atoms with Crippen LogP contribution in [0.15, 0.2) is 11.1 Å². The second-order valence-electron chi connectivity index (χ2n) is 3.83. The van der Waals surface area contributed by atoms with Crippen molar-refractivity contribution in [1.29, 1.82) is 0 Å². The van der Waals surface area contributed by atoms with E-state index in [1.54, 1.807) is 0 Å². The molecule has 1 heteroatoms. The Labute approximate surface area is 69.1 Å². The summed E-state index contributed by atoms with van der Waals surface area (Å²) in [7, 11) is 0. The number of hydrogen-bond acceptors (Lipinski definition) is 1. The van der Waals surface area contributed by atoms with Gasteiger partial charge in [-0.2, -0.15) is 0 Å². The van der Waals surface area contributed by atoms with Crippen LogP contribution in [0, 0.1) is 11.8 Å². The van der Waals surface area contributed by atoms with Gasteiger partial charge in [-0.25, -0.2) is 0 Å². The fraction of sp³-hybridized carbons (Fsp3) is 0.800. The zero-order chi connectivity index (χ0) is 8.43. The minimum Gasteiger partial charge on any atom is -0.396 e. The lowest BCUT2D eigenvalue weighted by Gasteiger charge is -2.14. The molecule has 1 N–H and O–H groups in total. The second-order valence-corrected chi connectivity index (χ2v) is 3.83. The summed E-state index contributed by atoms with van der Waals surface area (Å²) in [6.07, 6.45) is 2.46. The summed E-state index contributed by atoms with van der Waals surface area (Å²) in [4.78, 5) is 0. The highest BCUT2D eigenvalue weighted by Gasteiger charge is 2.27. The Kier molecular flexibility index (Phi) is 2.72. The van der Waals surface area contributed by atoms with Crippen molar-refractivity contribution in [3.05, 3.63) is 11.1 Å². The summed E-state index contributed by atoms with van der Waals surface area (Å²) in [5.41, 5.74) is 2.91. The SMILES string of the molecule is CC(C)=C1CC[C@@H](C)[C@H]1CO. The molecule has 1 saturated carbocycles. The van der Waals surface area contributed by atoms with Crippen molar-refractivity contribution in [2.45, 2.75) is 33.6 Å². The van der Waals surface area contributed by atoms with Crippen molar-refractivity contribution >= 4 is 0 Å². The highest BCUT2D eigenvalue weighted by atomic mass is 16.3. The van der Waals surface area contributed by atoms with Crippen LogP contribution >= 0.6 is 0 Å². The maximum atomic E-state index is 9.12. The standard InChI is InChI=1S/C10H18O/c1-7(2)9-5-4-8(3)10(9)6-11/h8,10-11H,4-6H2,1-3H3/t8-,10-/m1/s1. The molecule has 0 aromatic rings. The summed E-state index contributed by atoms with van der Waals surface area (Å²) in [6, 6.07) is 0. The van der Waals surface area contributed by atoms with Gasteiger partial charge in [0.25, 0.3) is 0 Å². The summed E-state index contributed by atoms with van der Waals surface area (Å²) < 4.78 is 0. The number of rotatable bonds is 1. The average Bonchev–Trinajstić information content (AvgIpc) is 2.30. The van der Waals surface area contributed by atoms with Gasteiger partial charge in [-0.15, -0.1) is 0 Å². The normalized spacial score (nSPS) is 31.1. The Morgan fingerprint density at radius 2 is 2.18 bits per heavy atom. The molecule has 2 atom stereocenters. The van der Waals surface area contributed by atoms with E-state index in [0.717, 1.165) is 0 Å². The smallest absolute Gasteiger partial charge is 0.0499 e. The van der Waals surface area contributed by atoms with Crippen molar-refractivity contribution in [1.82, 2.24) is 0 Å². The Hall–Kier alpha value is -0.300. The van der Waals surface area contributed by atoms with Gasteiger partial charge in [-0.3, -0.25) is 0 Å². The first-order valence-electron chi connectivity index (χ1n) is 4.44. The molecule has 0 heterocycles. The minimum absolute atomic E-state index is 0.335. The van der Waals surface area contributed by atoms with Crippen LogP contribution in [0.25, 0.3) is 0 Å². The van der Waals surface area contributed by atoms with E-state index in [9.17, 15) is 0 Å². The first-order chi connectivity index (χ1) is 5.16. The zero-order valence-electron chi connectivity index (χ0n) is 7.72. The third-order valence-electron chi connectivity index (χ3n) is 2.84. The fourth-order valence-corrected chi connectivity index (χ4v) is 2.02. The number of aliphatic hydroxyl groups is 1. The van der Waals surface area contributed by atoms with Gasteiger partial charge in [-0.05, 0) is 32.6 Å². The quantitative estimate of drug-likeness (QED) is 0.575. The molecule has 1 aliphatic rings. The minimum atomic E-state index is 0.335. The Morgan fingerprint density at radius 3 is 2.55 bits per heavy atom. The van der Waals surface area contributed by atoms with Crippen molar-refractivity contribution < 1.29 is 5.11 Å². The van der Waals surface area contributed by atoms with E-state index in [0.29, 0.717) is 18.4 Å². The first kappa shape index (κ1) is 8.79. The van der Waals surface area contributed by atoms with Crippen LogP contribution in [0.2, 0.25) is 0 Å². The molecular formula is C10H18O. The Bertz CT molecular complexity index is 166. The topological polar surface area (TPSA) is 20.2 Å². The molecule has 0 saturated heterocycles. The molecule has 0 aromatic heterocycles. The highest BCUT2D eigenvalue weighted by molar-refractivity contribution is 5.18. The predicted molar refractivity (Wildman–Crippen MR) is 47.3 cm³/mol. The lowest BCUT2D eigenvalue weighted by Crippen LogP contribution is -2.11. The second kappa shape index (κ2) is 3.40. The highest BCUT2D eigenvalue weighted by Crippen LogP contribution is 2.37. The largest absolute Gasteiger partial charge is 0.396 e. The van der Waals surface area contributed by atoms with E-state index in [1.165, 1.54) is 24.0 Å². The first-order valence-corrected chi connectivity index (χ1v) is 4.44. The lowest BCUT2D eigenvalue weighted by atomic mass is 9.93. The van der Waals surface area contributed by atoms with Crippen LogP contribution < -0.4 is 0 Å². The van der Waals surface area contributed by atoms with Gasteiger partial charge in [0.1, 0.15) is 0 Å². The van der Waals surface area contributed by atoms with Gasteiger partial charge in [0.15, 0.2) is 0 Å². The van der Waals surface area contributed by atoms with E-state index >= 15 is 0 Å². The summed E-state index contributed by atoms with van der Waals surface area (Å²) in [5, 5.41) is 9.12. The summed E-state index contributed by atoms with van der Waals surface area (Å²) >= 11 is 0. The molecule has 1 nitrogen and oxygen atoms in total. The summed E-state index contributed by atoms with van der Waals surface area (Å²) in [6.45, 7) is 6.87. The molecule has 0 unspecified atom stereocenters. The van der Waals surface area contributed by atoms with Crippen LogP contribution in [-0.4, -0.2) is 11.7 Å². The molecule has 64 valence electrons. The van der Waals surface area contributed by atoms with Gasteiger partial charge < -0.3 is 5.11 Å². The van der Waals surface area contributed by atoms with Gasteiger partial charge in [0.05, 0.1) is 0 Å². The average molecular weight is 154 g/mol. The van der Waals surface area contributed by atoms with Gasteiger partial charge in [0.2, 0.25) is 0 Å². The van der Waals surface area contributed by atoms with E-state index in [4.69, 9.17) is 5.11 Å². The van der Waals surface area contributed by atoms with Gasteiger partial charge >= 0.3 is 0 Å². The molecule has 0 amide bonds. The summed E-state index contributed by atoms with van der Waals surface area (Å²) in [5.74, 6) is 1.14. The molecule has 0 aromatic carbocycles. The molecule has 11 heavy (non-hydrogen) atoms. The van der Waals surface area contributed by atoms with Crippen LogP contribution in [0.3, 0.4) is 0 Å². The van der Waals surface area contributed by atoms with Gasteiger partial charge in [0, 0.05) is 12.5 Å². The van der Waals surface area contributed by atoms with Crippen molar-refractivity contribution in [3.8, 4) is 0 Å². The van der Waals surface area contributed by atoms with Crippen LogP contribution in [0.4, 0.5) is 0 Å². The molecule has 0 aliphatic heterocycles. The van der Waals surface area contributed by atoms with E-state index < -0.39 is 0 Å². The third kappa shape index (κ3) is 1.64. The van der Waals surface area contributed by atoms with Crippen molar-refractivity contribution in [2.75, 3.05) is 6.61 Å². The van der Waals surface area contributed by atoms with Crippen molar-refractivity contribution in [3.63, 3.8) is 0 Å². The lowest BCUT2D eigenvalue weighted by molar-refractivity contribution is 0.221. The molecule has 1 fully saturated rings. The van der Waals surface area contributed by atoms with E-state index in [2.05, 4.69) is 20.8 Å². The van der Waals surface area contributed by atoms with E-state index in [1.807, 2.05) is 0 Å². The Morgan fingerprint density at radius 1 is 1.55 bits per heavy atom. The van der Waals surface area contributed by atoms with Gasteiger partial charge in [-0.1, -0.05) is 18.1 Å². The predicted octanol–water partition coefficient (Wildman–Crippen LogP) is 2.36. The monoisotopic (exact) mass is 154 g/mol. The number of aliphatic hydroxyl groups excluding tert-OH is 1. The Balaban J connectivity index is 2.77. The molecule has 0 spiro atoms. The van der Waals surface area contributed by atoms with E-state index in [-0.39, 0.29) is 0 Å². The molecular weight excluding hydrogens is 136 g/mol. The maximum Gasteiger partial charge on any atom is 0.0499 e. The molecule has 1 aliphatic carbocycles. The fourth-order valence-electron chi connectivity index (χ4n) is 2.02. The number of allylic oxidation sites excluding steroid dienone is 1. The van der Waals surface area contributed by atoms with Crippen LogP contribution in [0.5, 0.6) is 0 Å². The molecule has 1 rings (SSSR count). The zero-order valence-corrected chi connectivity index (χ0v) is 7.72. The maximum absolute atomic E-state index is 9.12. The number of hydrogen-bond donors (Lipinski definition) is 1.